The van der Waals surface area contributed by atoms with E-state index in [2.05, 4.69) is 11.8 Å². The first-order chi connectivity index (χ1) is 6.88. The summed E-state index contributed by atoms with van der Waals surface area (Å²) in [6.07, 6.45) is 5.65. The lowest BCUT2D eigenvalue weighted by Gasteiger charge is -2.28. The summed E-state index contributed by atoms with van der Waals surface area (Å²) >= 11 is 2.04. The van der Waals surface area contributed by atoms with Crippen LogP contribution in [-0.4, -0.2) is 42.1 Å². The lowest BCUT2D eigenvalue weighted by atomic mass is 10.2. The highest BCUT2D eigenvalue weighted by Crippen LogP contribution is 2.23. The van der Waals surface area contributed by atoms with Gasteiger partial charge in [0.15, 0.2) is 0 Å². The SMILES string of the molecule is CCSCCN(CCN)C1CCCC1. The standard InChI is InChI=1S/C11H24N2S/c1-2-14-10-9-13(8-7-12)11-5-3-4-6-11/h11H,2-10,12H2,1H3. The molecule has 1 saturated carbocycles. The van der Waals surface area contributed by atoms with Crippen LogP contribution in [0, 0.1) is 0 Å². The first-order valence-electron chi connectivity index (χ1n) is 5.90. The highest BCUT2D eigenvalue weighted by atomic mass is 32.2. The average molecular weight is 216 g/mol. The maximum atomic E-state index is 5.65. The molecule has 0 saturated heterocycles. The third-order valence-corrected chi connectivity index (χ3v) is 3.86. The van der Waals surface area contributed by atoms with E-state index in [9.17, 15) is 0 Å². The molecule has 0 bridgehead atoms. The molecule has 0 aromatic carbocycles. The fourth-order valence-corrected chi connectivity index (χ4v) is 2.89. The minimum atomic E-state index is 0.813. The first-order valence-corrected chi connectivity index (χ1v) is 7.05. The van der Waals surface area contributed by atoms with Gasteiger partial charge in [0, 0.05) is 31.4 Å². The fraction of sp³-hybridized carbons (Fsp3) is 1.00. The van der Waals surface area contributed by atoms with Crippen LogP contribution in [0.4, 0.5) is 0 Å². The van der Waals surface area contributed by atoms with Gasteiger partial charge in [-0.25, -0.2) is 0 Å². The second-order valence-corrected chi connectivity index (χ2v) is 5.35. The van der Waals surface area contributed by atoms with Crippen LogP contribution in [0.1, 0.15) is 32.6 Å². The van der Waals surface area contributed by atoms with Gasteiger partial charge in [-0.1, -0.05) is 19.8 Å². The van der Waals surface area contributed by atoms with E-state index in [4.69, 9.17) is 5.73 Å². The third kappa shape index (κ3) is 4.20. The van der Waals surface area contributed by atoms with E-state index in [0.29, 0.717) is 0 Å². The highest BCUT2D eigenvalue weighted by molar-refractivity contribution is 7.99. The van der Waals surface area contributed by atoms with E-state index in [1.54, 1.807) is 0 Å². The molecular weight excluding hydrogens is 192 g/mol. The molecule has 1 rings (SSSR count). The topological polar surface area (TPSA) is 29.3 Å². The van der Waals surface area contributed by atoms with Gasteiger partial charge in [0.1, 0.15) is 0 Å². The van der Waals surface area contributed by atoms with Crippen LogP contribution in [0.15, 0.2) is 0 Å². The summed E-state index contributed by atoms with van der Waals surface area (Å²) in [7, 11) is 0. The smallest absolute Gasteiger partial charge is 0.0108 e. The molecule has 1 aliphatic rings. The normalized spacial score (nSPS) is 18.2. The molecule has 0 aromatic rings. The van der Waals surface area contributed by atoms with E-state index in [0.717, 1.165) is 19.1 Å². The predicted molar refractivity (Wildman–Crippen MR) is 65.9 cm³/mol. The minimum Gasteiger partial charge on any atom is -0.329 e. The molecule has 3 heteroatoms. The zero-order chi connectivity index (χ0) is 10.2. The van der Waals surface area contributed by atoms with Gasteiger partial charge in [0.05, 0.1) is 0 Å². The van der Waals surface area contributed by atoms with E-state index < -0.39 is 0 Å². The van der Waals surface area contributed by atoms with E-state index in [-0.39, 0.29) is 0 Å². The van der Waals surface area contributed by atoms with Gasteiger partial charge in [-0.05, 0) is 18.6 Å². The summed E-state index contributed by atoms with van der Waals surface area (Å²) in [5.74, 6) is 2.51. The van der Waals surface area contributed by atoms with E-state index in [1.807, 2.05) is 11.8 Å². The molecule has 2 N–H and O–H groups in total. The minimum absolute atomic E-state index is 0.813. The molecule has 1 aliphatic carbocycles. The lowest BCUT2D eigenvalue weighted by molar-refractivity contribution is 0.217. The van der Waals surface area contributed by atoms with Crippen molar-refractivity contribution in [3.05, 3.63) is 0 Å². The number of thioether (sulfide) groups is 1. The Morgan fingerprint density at radius 1 is 1.29 bits per heavy atom. The van der Waals surface area contributed by atoms with Crippen molar-refractivity contribution in [3.8, 4) is 0 Å². The highest BCUT2D eigenvalue weighted by Gasteiger charge is 2.21. The molecule has 84 valence electrons. The van der Waals surface area contributed by atoms with Crippen molar-refractivity contribution in [1.29, 1.82) is 0 Å². The molecule has 0 unspecified atom stereocenters. The Morgan fingerprint density at radius 3 is 2.57 bits per heavy atom. The Balaban J connectivity index is 2.22. The summed E-state index contributed by atoms with van der Waals surface area (Å²) in [4.78, 5) is 2.61. The van der Waals surface area contributed by atoms with Gasteiger partial charge < -0.3 is 5.73 Å². The quantitative estimate of drug-likeness (QED) is 0.660. The van der Waals surface area contributed by atoms with Crippen LogP contribution in [0.25, 0.3) is 0 Å². The maximum Gasteiger partial charge on any atom is 0.0108 e. The van der Waals surface area contributed by atoms with Crippen LogP contribution in [0.5, 0.6) is 0 Å². The summed E-state index contributed by atoms with van der Waals surface area (Å²) in [5.41, 5.74) is 5.65. The summed E-state index contributed by atoms with van der Waals surface area (Å²) < 4.78 is 0. The van der Waals surface area contributed by atoms with Gasteiger partial charge >= 0.3 is 0 Å². The average Bonchev–Trinajstić information content (AvgIpc) is 2.70. The Hall–Kier alpha value is 0.270. The van der Waals surface area contributed by atoms with Crippen molar-refractivity contribution >= 4 is 11.8 Å². The monoisotopic (exact) mass is 216 g/mol. The second kappa shape index (κ2) is 7.55. The molecule has 0 aromatic heterocycles. The Morgan fingerprint density at radius 2 is 2.00 bits per heavy atom. The van der Waals surface area contributed by atoms with Gasteiger partial charge in [-0.15, -0.1) is 0 Å². The van der Waals surface area contributed by atoms with Gasteiger partial charge in [-0.2, -0.15) is 11.8 Å². The Kier molecular flexibility index (Phi) is 6.65. The fourth-order valence-electron chi connectivity index (χ4n) is 2.24. The van der Waals surface area contributed by atoms with Crippen molar-refractivity contribution in [2.75, 3.05) is 31.1 Å². The summed E-state index contributed by atoms with van der Waals surface area (Å²) in [5, 5.41) is 0. The number of hydrogen-bond donors (Lipinski definition) is 1. The Bertz CT molecular complexity index is 135. The summed E-state index contributed by atoms with van der Waals surface area (Å²) in [6, 6.07) is 0.844. The Labute approximate surface area is 92.6 Å². The van der Waals surface area contributed by atoms with E-state index in [1.165, 1.54) is 43.7 Å². The van der Waals surface area contributed by atoms with Crippen LogP contribution in [0.3, 0.4) is 0 Å². The number of nitrogens with zero attached hydrogens (tertiary/aromatic N) is 1. The van der Waals surface area contributed by atoms with Crippen molar-refractivity contribution in [1.82, 2.24) is 4.90 Å². The molecule has 0 radical (unpaired) electrons. The first kappa shape index (κ1) is 12.3. The molecule has 0 amide bonds. The number of hydrogen-bond acceptors (Lipinski definition) is 3. The van der Waals surface area contributed by atoms with Crippen LogP contribution in [-0.2, 0) is 0 Å². The predicted octanol–water partition coefficient (Wildman–Crippen LogP) is 1.94. The number of nitrogens with two attached hydrogens (primary N) is 1. The third-order valence-electron chi connectivity index (χ3n) is 2.98. The van der Waals surface area contributed by atoms with Crippen molar-refractivity contribution in [2.45, 2.75) is 38.6 Å². The molecule has 0 aliphatic heterocycles. The maximum absolute atomic E-state index is 5.65. The van der Waals surface area contributed by atoms with Gasteiger partial charge in [0.2, 0.25) is 0 Å². The van der Waals surface area contributed by atoms with Crippen LogP contribution < -0.4 is 5.73 Å². The second-order valence-electron chi connectivity index (χ2n) is 3.96. The van der Waals surface area contributed by atoms with Gasteiger partial charge in [-0.3, -0.25) is 4.90 Å². The van der Waals surface area contributed by atoms with Crippen LogP contribution >= 0.6 is 11.8 Å². The molecular formula is C11H24N2S. The zero-order valence-electron chi connectivity index (χ0n) is 9.37. The lowest BCUT2D eigenvalue weighted by Crippen LogP contribution is -2.38. The molecule has 1 fully saturated rings. The van der Waals surface area contributed by atoms with E-state index >= 15 is 0 Å². The zero-order valence-corrected chi connectivity index (χ0v) is 10.2. The number of rotatable bonds is 7. The van der Waals surface area contributed by atoms with Gasteiger partial charge in [0.25, 0.3) is 0 Å². The summed E-state index contributed by atoms with van der Waals surface area (Å²) in [6.45, 7) is 5.37. The molecule has 0 atom stereocenters. The molecule has 0 spiro atoms. The largest absolute Gasteiger partial charge is 0.329 e. The molecule has 14 heavy (non-hydrogen) atoms. The molecule has 2 nitrogen and oxygen atoms in total. The van der Waals surface area contributed by atoms with Crippen molar-refractivity contribution in [3.63, 3.8) is 0 Å². The molecule has 0 heterocycles. The van der Waals surface area contributed by atoms with Crippen molar-refractivity contribution < 1.29 is 0 Å². The van der Waals surface area contributed by atoms with Crippen LogP contribution in [0.2, 0.25) is 0 Å². The van der Waals surface area contributed by atoms with Crippen molar-refractivity contribution in [2.24, 2.45) is 5.73 Å².